The van der Waals surface area contributed by atoms with Crippen LogP contribution in [0.25, 0.3) is 0 Å². The fraction of sp³-hybridized carbons (Fsp3) is 0.643. The Labute approximate surface area is 151 Å². The average molecular weight is 396 g/mol. The van der Waals surface area contributed by atoms with E-state index in [4.69, 9.17) is 16.3 Å². The van der Waals surface area contributed by atoms with E-state index in [1.807, 2.05) is 6.92 Å². The fourth-order valence-corrected chi connectivity index (χ4v) is 5.16. The molecule has 2 rings (SSSR count). The molecule has 1 saturated heterocycles. The van der Waals surface area contributed by atoms with E-state index < -0.39 is 10.0 Å². The molecule has 1 fully saturated rings. The number of carbonyl (C=O) groups excluding carboxylic acids is 1. The summed E-state index contributed by atoms with van der Waals surface area (Å²) in [5, 5.41) is 2.79. The van der Waals surface area contributed by atoms with Gasteiger partial charge in [0.1, 0.15) is 4.21 Å². The number of hydrogen-bond acceptors (Lipinski definition) is 6. The van der Waals surface area contributed by atoms with Gasteiger partial charge in [-0.25, -0.2) is 8.42 Å². The molecule has 1 unspecified atom stereocenters. The standard InChI is InChI=1S/C14H22ClN3O4S2/c1-11(18-5-7-22-8-6-18)9-16-13(19)10-17(2)24(20,21)14-4-3-12(15)23-14/h3-4,11H,5-10H2,1-2H3,(H,16,19). The summed E-state index contributed by atoms with van der Waals surface area (Å²) < 4.78 is 31.5. The number of sulfonamides is 1. The summed E-state index contributed by atoms with van der Waals surface area (Å²) in [5.41, 5.74) is 0. The third-order valence-electron chi connectivity index (χ3n) is 3.84. The minimum Gasteiger partial charge on any atom is -0.379 e. The third kappa shape index (κ3) is 5.14. The number of halogens is 1. The van der Waals surface area contributed by atoms with Crippen molar-refractivity contribution in [3.05, 3.63) is 16.5 Å². The van der Waals surface area contributed by atoms with Gasteiger partial charge in [0.25, 0.3) is 10.0 Å². The molecule has 0 saturated carbocycles. The van der Waals surface area contributed by atoms with Crippen molar-refractivity contribution in [2.24, 2.45) is 0 Å². The van der Waals surface area contributed by atoms with E-state index in [0.29, 0.717) is 24.1 Å². The van der Waals surface area contributed by atoms with Crippen molar-refractivity contribution in [1.82, 2.24) is 14.5 Å². The zero-order valence-corrected chi connectivity index (χ0v) is 16.1. The van der Waals surface area contributed by atoms with Gasteiger partial charge >= 0.3 is 0 Å². The highest BCUT2D eigenvalue weighted by atomic mass is 35.5. The fourth-order valence-electron chi connectivity index (χ4n) is 2.34. The second-order valence-corrected chi connectivity index (χ2v) is 9.61. The van der Waals surface area contributed by atoms with Gasteiger partial charge in [-0.3, -0.25) is 9.69 Å². The molecule has 1 aromatic heterocycles. The molecule has 1 atom stereocenters. The first-order chi connectivity index (χ1) is 11.3. The Kier molecular flexibility index (Phi) is 7.02. The van der Waals surface area contributed by atoms with E-state index in [9.17, 15) is 13.2 Å². The van der Waals surface area contributed by atoms with Gasteiger partial charge in [-0.2, -0.15) is 4.31 Å². The van der Waals surface area contributed by atoms with E-state index in [-0.39, 0.29) is 22.7 Å². The summed E-state index contributed by atoms with van der Waals surface area (Å²) in [7, 11) is -2.31. The van der Waals surface area contributed by atoms with Gasteiger partial charge in [0.2, 0.25) is 5.91 Å². The van der Waals surface area contributed by atoms with Crippen molar-refractivity contribution in [3.63, 3.8) is 0 Å². The van der Waals surface area contributed by atoms with Crippen LogP contribution in [-0.4, -0.2) is 76.0 Å². The highest BCUT2D eigenvalue weighted by Crippen LogP contribution is 2.27. The molecular weight excluding hydrogens is 374 g/mol. The maximum absolute atomic E-state index is 12.3. The van der Waals surface area contributed by atoms with Crippen molar-refractivity contribution < 1.29 is 17.9 Å². The molecule has 1 N–H and O–H groups in total. The van der Waals surface area contributed by atoms with Crippen LogP contribution in [0.3, 0.4) is 0 Å². The molecule has 0 aromatic carbocycles. The number of carbonyl (C=O) groups is 1. The molecule has 10 heteroatoms. The Morgan fingerprint density at radius 2 is 2.12 bits per heavy atom. The van der Waals surface area contributed by atoms with Crippen molar-refractivity contribution in [3.8, 4) is 0 Å². The van der Waals surface area contributed by atoms with E-state index in [1.165, 1.54) is 19.2 Å². The first-order valence-electron chi connectivity index (χ1n) is 7.61. The molecule has 0 bridgehead atoms. The average Bonchev–Trinajstić information content (AvgIpc) is 3.00. The lowest BCUT2D eigenvalue weighted by molar-refractivity contribution is -0.121. The van der Waals surface area contributed by atoms with Crippen molar-refractivity contribution in [2.45, 2.75) is 17.2 Å². The van der Waals surface area contributed by atoms with Crippen LogP contribution < -0.4 is 5.32 Å². The third-order valence-corrected chi connectivity index (χ3v) is 7.34. The topological polar surface area (TPSA) is 79.0 Å². The lowest BCUT2D eigenvalue weighted by Crippen LogP contribution is -2.48. The minimum atomic E-state index is -3.69. The van der Waals surface area contributed by atoms with Crippen LogP contribution in [0.5, 0.6) is 0 Å². The maximum Gasteiger partial charge on any atom is 0.252 e. The predicted molar refractivity (Wildman–Crippen MR) is 94.0 cm³/mol. The quantitative estimate of drug-likeness (QED) is 0.740. The Morgan fingerprint density at radius 3 is 2.71 bits per heavy atom. The molecule has 2 heterocycles. The smallest absolute Gasteiger partial charge is 0.252 e. The summed E-state index contributed by atoms with van der Waals surface area (Å²) in [6.45, 7) is 5.34. The van der Waals surface area contributed by atoms with Gasteiger partial charge in [0, 0.05) is 32.7 Å². The van der Waals surface area contributed by atoms with Crippen molar-refractivity contribution in [2.75, 3.05) is 46.4 Å². The normalized spacial score (nSPS) is 17.8. The number of amides is 1. The molecule has 0 spiro atoms. The van der Waals surface area contributed by atoms with E-state index in [0.717, 1.165) is 28.7 Å². The molecule has 0 radical (unpaired) electrons. The van der Waals surface area contributed by atoms with Gasteiger partial charge in [-0.1, -0.05) is 11.6 Å². The zero-order valence-electron chi connectivity index (χ0n) is 13.7. The van der Waals surface area contributed by atoms with Gasteiger partial charge in [0.15, 0.2) is 0 Å². The first kappa shape index (κ1) is 19.6. The van der Waals surface area contributed by atoms with Crippen molar-refractivity contribution >= 4 is 38.9 Å². The molecule has 1 aromatic rings. The lowest BCUT2D eigenvalue weighted by atomic mass is 10.2. The van der Waals surface area contributed by atoms with Gasteiger partial charge in [-0.15, -0.1) is 11.3 Å². The molecular formula is C14H22ClN3O4S2. The van der Waals surface area contributed by atoms with Crippen LogP contribution in [0.1, 0.15) is 6.92 Å². The molecule has 24 heavy (non-hydrogen) atoms. The maximum atomic E-state index is 12.3. The van der Waals surface area contributed by atoms with Crippen LogP contribution in [0.4, 0.5) is 0 Å². The van der Waals surface area contributed by atoms with Crippen LogP contribution in [0, 0.1) is 0 Å². The number of likely N-dealkylation sites (N-methyl/N-ethyl adjacent to an activating group) is 1. The Morgan fingerprint density at radius 1 is 1.46 bits per heavy atom. The van der Waals surface area contributed by atoms with Crippen LogP contribution in [0.2, 0.25) is 4.34 Å². The molecule has 0 aliphatic carbocycles. The number of ether oxygens (including phenoxy) is 1. The number of rotatable bonds is 7. The molecule has 1 amide bonds. The molecule has 1 aliphatic heterocycles. The van der Waals surface area contributed by atoms with Gasteiger partial charge < -0.3 is 10.1 Å². The largest absolute Gasteiger partial charge is 0.379 e. The van der Waals surface area contributed by atoms with Gasteiger partial charge in [-0.05, 0) is 19.1 Å². The highest BCUT2D eigenvalue weighted by molar-refractivity contribution is 7.91. The zero-order chi connectivity index (χ0) is 17.7. The molecule has 7 nitrogen and oxygen atoms in total. The summed E-state index contributed by atoms with van der Waals surface area (Å²) in [6, 6.07) is 3.14. The Bertz CT molecular complexity index is 659. The van der Waals surface area contributed by atoms with E-state index in [1.54, 1.807) is 0 Å². The van der Waals surface area contributed by atoms with Crippen LogP contribution in [-0.2, 0) is 19.6 Å². The Hall–Kier alpha value is -0.710. The number of nitrogens with one attached hydrogen (secondary N) is 1. The number of thiophene rings is 1. The molecule has 1 aliphatic rings. The van der Waals surface area contributed by atoms with E-state index in [2.05, 4.69) is 10.2 Å². The van der Waals surface area contributed by atoms with Gasteiger partial charge in [0.05, 0.1) is 24.1 Å². The summed E-state index contributed by atoms with van der Waals surface area (Å²) >= 11 is 6.75. The summed E-state index contributed by atoms with van der Waals surface area (Å²) in [5.74, 6) is -0.330. The predicted octanol–water partition coefficient (Wildman–Crippen LogP) is 0.859. The summed E-state index contributed by atoms with van der Waals surface area (Å²) in [4.78, 5) is 14.3. The van der Waals surface area contributed by atoms with E-state index >= 15 is 0 Å². The molecule has 136 valence electrons. The number of hydrogen-bond donors (Lipinski definition) is 1. The second-order valence-electron chi connectivity index (χ2n) is 5.62. The first-order valence-corrected chi connectivity index (χ1v) is 10.2. The monoisotopic (exact) mass is 395 g/mol. The lowest BCUT2D eigenvalue weighted by Gasteiger charge is -2.32. The highest BCUT2D eigenvalue weighted by Gasteiger charge is 2.25. The SMILES string of the molecule is CC(CNC(=O)CN(C)S(=O)(=O)c1ccc(Cl)s1)N1CCOCC1. The number of nitrogens with zero attached hydrogens (tertiary/aromatic N) is 2. The number of morpholine rings is 1. The van der Waals surface area contributed by atoms with Crippen molar-refractivity contribution in [1.29, 1.82) is 0 Å². The Balaban J connectivity index is 1.83. The second kappa shape index (κ2) is 8.59. The van der Waals surface area contributed by atoms with Crippen LogP contribution >= 0.6 is 22.9 Å². The minimum absolute atomic E-state index is 0.129. The van der Waals surface area contributed by atoms with Crippen LogP contribution in [0.15, 0.2) is 16.3 Å². The summed E-state index contributed by atoms with van der Waals surface area (Å²) in [6.07, 6.45) is 0.